The fourth-order valence-corrected chi connectivity index (χ4v) is 1.54. The van der Waals surface area contributed by atoms with Gasteiger partial charge >= 0.3 is 5.97 Å². The lowest BCUT2D eigenvalue weighted by molar-refractivity contribution is -0.138. The number of Topliss-reactive ketones (excluding diaryl/α,β-unsaturated/α-hetero) is 1. The van der Waals surface area contributed by atoms with Crippen molar-refractivity contribution in [3.8, 4) is 0 Å². The van der Waals surface area contributed by atoms with Crippen molar-refractivity contribution in [1.82, 2.24) is 0 Å². The van der Waals surface area contributed by atoms with E-state index in [1.165, 1.54) is 0 Å². The Kier molecular flexibility index (Phi) is 4.80. The van der Waals surface area contributed by atoms with Crippen molar-refractivity contribution in [3.63, 3.8) is 0 Å². The Hall–Kier alpha value is -1.94. The lowest BCUT2D eigenvalue weighted by atomic mass is 10.0. The highest BCUT2D eigenvalue weighted by molar-refractivity contribution is 5.97. The smallest absolute Gasteiger partial charge is 0.320 e. The van der Waals surface area contributed by atoms with Crippen LogP contribution in [-0.4, -0.2) is 22.9 Å². The third kappa shape index (κ3) is 4.14. The van der Waals surface area contributed by atoms with E-state index in [4.69, 9.17) is 10.8 Å². The predicted octanol–water partition coefficient (Wildman–Crippen LogP) is 1.79. The Balaban J connectivity index is 2.71. The maximum absolute atomic E-state index is 11.7. The Labute approximate surface area is 106 Å². The van der Waals surface area contributed by atoms with Gasteiger partial charge in [-0.05, 0) is 18.9 Å². The van der Waals surface area contributed by atoms with Gasteiger partial charge < -0.3 is 10.8 Å². The lowest BCUT2D eigenvalue weighted by Crippen LogP contribution is -2.32. The van der Waals surface area contributed by atoms with Gasteiger partial charge in [-0.3, -0.25) is 9.59 Å². The molecule has 0 radical (unpaired) electrons. The van der Waals surface area contributed by atoms with E-state index in [2.05, 4.69) is 6.58 Å². The topological polar surface area (TPSA) is 80.4 Å². The summed E-state index contributed by atoms with van der Waals surface area (Å²) in [6, 6.07) is 5.93. The molecule has 4 heteroatoms. The standard InChI is InChI=1S/C14H17NO3/c1-9(2)7-13(16)11-5-3-10(4-6-11)8-12(15)14(17)18/h3-6,12H,1,7-8,15H2,2H3,(H,17,18). The Morgan fingerprint density at radius 3 is 2.33 bits per heavy atom. The van der Waals surface area contributed by atoms with E-state index >= 15 is 0 Å². The van der Waals surface area contributed by atoms with E-state index in [9.17, 15) is 9.59 Å². The molecular formula is C14H17NO3. The van der Waals surface area contributed by atoms with Crippen LogP contribution in [-0.2, 0) is 11.2 Å². The molecule has 1 aromatic carbocycles. The Bertz CT molecular complexity index is 462. The molecule has 0 amide bonds. The summed E-state index contributed by atoms with van der Waals surface area (Å²) in [4.78, 5) is 22.3. The van der Waals surface area contributed by atoms with E-state index in [1.807, 2.05) is 0 Å². The fraction of sp³-hybridized carbons (Fsp3) is 0.286. The number of aliphatic carboxylic acids is 1. The summed E-state index contributed by atoms with van der Waals surface area (Å²) in [5, 5.41) is 8.70. The molecule has 0 aliphatic carbocycles. The summed E-state index contributed by atoms with van der Waals surface area (Å²) in [5.74, 6) is -1.02. The number of benzene rings is 1. The SMILES string of the molecule is C=C(C)CC(=O)c1ccc(CC(N)C(=O)O)cc1. The molecule has 1 atom stereocenters. The zero-order chi connectivity index (χ0) is 13.7. The number of hydrogen-bond acceptors (Lipinski definition) is 3. The van der Waals surface area contributed by atoms with E-state index in [1.54, 1.807) is 31.2 Å². The molecule has 0 spiro atoms. The monoisotopic (exact) mass is 247 g/mol. The summed E-state index contributed by atoms with van der Waals surface area (Å²) in [6.45, 7) is 5.50. The number of nitrogens with two attached hydrogens (primary N) is 1. The van der Waals surface area contributed by atoms with E-state index in [0.29, 0.717) is 12.0 Å². The van der Waals surface area contributed by atoms with Crippen LogP contribution in [0.3, 0.4) is 0 Å². The van der Waals surface area contributed by atoms with E-state index in [-0.39, 0.29) is 12.2 Å². The first-order valence-corrected chi connectivity index (χ1v) is 5.65. The number of carbonyl (C=O) groups is 2. The highest BCUT2D eigenvalue weighted by atomic mass is 16.4. The van der Waals surface area contributed by atoms with E-state index < -0.39 is 12.0 Å². The second-order valence-corrected chi connectivity index (χ2v) is 4.40. The zero-order valence-corrected chi connectivity index (χ0v) is 10.3. The molecule has 18 heavy (non-hydrogen) atoms. The van der Waals surface area contributed by atoms with Gasteiger partial charge in [-0.2, -0.15) is 0 Å². The van der Waals surface area contributed by atoms with Crippen LogP contribution in [0, 0.1) is 0 Å². The Morgan fingerprint density at radius 2 is 1.89 bits per heavy atom. The van der Waals surface area contributed by atoms with Crippen LogP contribution in [0.2, 0.25) is 0 Å². The molecule has 0 saturated heterocycles. The molecule has 1 unspecified atom stereocenters. The third-order valence-corrected chi connectivity index (χ3v) is 2.51. The molecule has 96 valence electrons. The number of carboxylic acid groups (broad SMARTS) is 1. The van der Waals surface area contributed by atoms with Crippen LogP contribution in [0.25, 0.3) is 0 Å². The minimum absolute atomic E-state index is 0.0107. The number of carbonyl (C=O) groups excluding carboxylic acids is 1. The molecule has 0 aromatic heterocycles. The molecule has 1 aromatic rings. The predicted molar refractivity (Wildman–Crippen MR) is 69.5 cm³/mol. The molecule has 0 aliphatic rings. The van der Waals surface area contributed by atoms with Crippen LogP contribution >= 0.6 is 0 Å². The summed E-state index contributed by atoms with van der Waals surface area (Å²) in [6.07, 6.45) is 0.582. The number of allylic oxidation sites excluding steroid dienone is 1. The fourth-order valence-electron chi connectivity index (χ4n) is 1.54. The third-order valence-electron chi connectivity index (χ3n) is 2.51. The van der Waals surface area contributed by atoms with Gasteiger partial charge in [0.15, 0.2) is 5.78 Å². The molecule has 1 rings (SSSR count). The highest BCUT2D eigenvalue weighted by Crippen LogP contribution is 2.11. The minimum atomic E-state index is -1.03. The first-order valence-electron chi connectivity index (χ1n) is 5.65. The van der Waals surface area contributed by atoms with Crippen molar-refractivity contribution in [2.75, 3.05) is 0 Å². The summed E-state index contributed by atoms with van der Waals surface area (Å²) in [7, 11) is 0. The van der Waals surface area contributed by atoms with Crippen LogP contribution < -0.4 is 5.73 Å². The first kappa shape index (κ1) is 14.1. The highest BCUT2D eigenvalue weighted by Gasteiger charge is 2.12. The van der Waals surface area contributed by atoms with Gasteiger partial charge in [-0.15, -0.1) is 0 Å². The summed E-state index contributed by atoms with van der Waals surface area (Å²) in [5.41, 5.74) is 7.66. The van der Waals surface area contributed by atoms with Gasteiger partial charge in [-0.25, -0.2) is 0 Å². The Morgan fingerprint density at radius 1 is 1.33 bits per heavy atom. The molecule has 3 N–H and O–H groups in total. The molecule has 0 bridgehead atoms. The average Bonchev–Trinajstić information content (AvgIpc) is 2.28. The summed E-state index contributed by atoms with van der Waals surface area (Å²) >= 11 is 0. The normalized spacial score (nSPS) is 11.9. The van der Waals surface area contributed by atoms with Crippen LogP contribution in [0.1, 0.15) is 29.3 Å². The van der Waals surface area contributed by atoms with Crippen molar-refractivity contribution < 1.29 is 14.7 Å². The van der Waals surface area contributed by atoms with Crippen molar-refractivity contribution in [3.05, 3.63) is 47.5 Å². The second kappa shape index (κ2) is 6.12. The zero-order valence-electron chi connectivity index (χ0n) is 10.3. The maximum atomic E-state index is 11.7. The molecule has 0 aliphatic heterocycles. The number of carboxylic acids is 1. The molecule has 0 saturated carbocycles. The van der Waals surface area contributed by atoms with E-state index in [0.717, 1.165) is 11.1 Å². The second-order valence-electron chi connectivity index (χ2n) is 4.40. The van der Waals surface area contributed by atoms with Crippen LogP contribution in [0.15, 0.2) is 36.4 Å². The maximum Gasteiger partial charge on any atom is 0.320 e. The molecule has 0 fully saturated rings. The van der Waals surface area contributed by atoms with Crippen molar-refractivity contribution in [2.45, 2.75) is 25.8 Å². The van der Waals surface area contributed by atoms with Crippen LogP contribution in [0.5, 0.6) is 0 Å². The number of rotatable bonds is 6. The van der Waals surface area contributed by atoms with Crippen molar-refractivity contribution in [1.29, 1.82) is 0 Å². The van der Waals surface area contributed by atoms with Crippen molar-refractivity contribution >= 4 is 11.8 Å². The quantitative estimate of drug-likeness (QED) is 0.593. The molecule has 4 nitrogen and oxygen atoms in total. The van der Waals surface area contributed by atoms with Gasteiger partial charge in [-0.1, -0.05) is 36.4 Å². The van der Waals surface area contributed by atoms with Crippen molar-refractivity contribution in [2.24, 2.45) is 5.73 Å². The molecular weight excluding hydrogens is 230 g/mol. The number of hydrogen-bond donors (Lipinski definition) is 2. The summed E-state index contributed by atoms with van der Waals surface area (Å²) < 4.78 is 0. The number of ketones is 1. The minimum Gasteiger partial charge on any atom is -0.480 e. The van der Waals surface area contributed by atoms with Gasteiger partial charge in [0, 0.05) is 12.0 Å². The first-order chi connectivity index (χ1) is 8.40. The van der Waals surface area contributed by atoms with Gasteiger partial charge in [0.1, 0.15) is 6.04 Å². The van der Waals surface area contributed by atoms with Gasteiger partial charge in [0.2, 0.25) is 0 Å². The van der Waals surface area contributed by atoms with Gasteiger partial charge in [0.25, 0.3) is 0 Å². The lowest BCUT2D eigenvalue weighted by Gasteiger charge is -2.07. The van der Waals surface area contributed by atoms with Crippen LogP contribution in [0.4, 0.5) is 0 Å². The molecule has 0 heterocycles. The largest absolute Gasteiger partial charge is 0.480 e. The van der Waals surface area contributed by atoms with Gasteiger partial charge in [0.05, 0.1) is 0 Å². The average molecular weight is 247 g/mol.